The molecule has 0 saturated carbocycles. The largest absolute Gasteiger partial charge is 0.383 e. The van der Waals surface area contributed by atoms with Crippen LogP contribution in [0.15, 0.2) is 12.1 Å². The maximum Gasteiger partial charge on any atom is 0.0655 e. The van der Waals surface area contributed by atoms with Gasteiger partial charge in [0, 0.05) is 10.7 Å². The highest BCUT2D eigenvalue weighted by Crippen LogP contribution is 2.21. The average Bonchev–Trinajstić information content (AvgIpc) is 2.13. The van der Waals surface area contributed by atoms with Gasteiger partial charge in [-0.3, -0.25) is 0 Å². The Morgan fingerprint density at radius 2 is 1.86 bits per heavy atom. The lowest BCUT2D eigenvalue weighted by atomic mass is 10.0. The first-order chi connectivity index (χ1) is 6.56. The second kappa shape index (κ2) is 5.09. The number of nitrogens with two attached hydrogens (primary N) is 1. The molecule has 1 aromatic rings. The van der Waals surface area contributed by atoms with Crippen molar-refractivity contribution in [2.75, 3.05) is 13.7 Å². The van der Waals surface area contributed by atoms with E-state index in [-0.39, 0.29) is 6.04 Å². The van der Waals surface area contributed by atoms with E-state index in [1.165, 1.54) is 14.7 Å². The minimum Gasteiger partial charge on any atom is -0.383 e. The van der Waals surface area contributed by atoms with E-state index in [1.807, 2.05) is 0 Å². The summed E-state index contributed by atoms with van der Waals surface area (Å²) in [7, 11) is 1.67. The van der Waals surface area contributed by atoms with E-state index < -0.39 is 0 Å². The maximum absolute atomic E-state index is 5.97. The first-order valence-electron chi connectivity index (χ1n) is 4.57. The summed E-state index contributed by atoms with van der Waals surface area (Å²) in [4.78, 5) is 0. The molecule has 0 fully saturated rings. The van der Waals surface area contributed by atoms with Gasteiger partial charge in [0.2, 0.25) is 0 Å². The highest BCUT2D eigenvalue weighted by Gasteiger charge is 2.08. The summed E-state index contributed by atoms with van der Waals surface area (Å²) >= 11 is 2.36. The molecule has 2 N–H and O–H groups in total. The van der Waals surface area contributed by atoms with Gasteiger partial charge in [0.25, 0.3) is 0 Å². The molecule has 0 heterocycles. The lowest BCUT2D eigenvalue weighted by Crippen LogP contribution is -2.16. The Morgan fingerprint density at radius 3 is 2.29 bits per heavy atom. The molecule has 0 radical (unpaired) electrons. The van der Waals surface area contributed by atoms with Crippen molar-refractivity contribution in [3.05, 3.63) is 32.4 Å². The van der Waals surface area contributed by atoms with Crippen molar-refractivity contribution >= 4 is 22.6 Å². The zero-order valence-electron chi connectivity index (χ0n) is 8.80. The molecule has 0 aliphatic heterocycles. The number of benzene rings is 1. The fourth-order valence-electron chi connectivity index (χ4n) is 1.47. The molecule has 0 aliphatic carbocycles. The van der Waals surface area contributed by atoms with Crippen LogP contribution in [0.25, 0.3) is 0 Å². The van der Waals surface area contributed by atoms with Crippen LogP contribution in [0.2, 0.25) is 0 Å². The molecule has 1 atom stereocenters. The minimum absolute atomic E-state index is 0.0191. The van der Waals surface area contributed by atoms with E-state index in [2.05, 4.69) is 48.6 Å². The molecule has 1 aromatic carbocycles. The van der Waals surface area contributed by atoms with E-state index >= 15 is 0 Å². The third-order valence-electron chi connectivity index (χ3n) is 2.23. The van der Waals surface area contributed by atoms with Gasteiger partial charge in [0.15, 0.2) is 0 Å². The zero-order chi connectivity index (χ0) is 10.7. The summed E-state index contributed by atoms with van der Waals surface area (Å²) in [6.45, 7) is 4.79. The van der Waals surface area contributed by atoms with Gasteiger partial charge >= 0.3 is 0 Å². The Labute approximate surface area is 99.0 Å². The number of aryl methyl sites for hydroxylation is 2. The quantitative estimate of drug-likeness (QED) is 0.871. The smallest absolute Gasteiger partial charge is 0.0655 e. The normalized spacial score (nSPS) is 12.9. The molecule has 2 nitrogen and oxygen atoms in total. The SMILES string of the molecule is COCC(N)c1cc(C)c(I)c(C)c1. The zero-order valence-corrected chi connectivity index (χ0v) is 11.0. The molecule has 0 spiro atoms. The fraction of sp³-hybridized carbons (Fsp3) is 0.455. The van der Waals surface area contributed by atoms with Gasteiger partial charge < -0.3 is 10.5 Å². The summed E-state index contributed by atoms with van der Waals surface area (Å²) in [5.41, 5.74) is 9.69. The first-order valence-corrected chi connectivity index (χ1v) is 5.65. The number of ether oxygens (including phenoxy) is 1. The number of rotatable bonds is 3. The Kier molecular flexibility index (Phi) is 4.34. The van der Waals surface area contributed by atoms with E-state index in [0.717, 1.165) is 5.56 Å². The van der Waals surface area contributed by atoms with Crippen LogP contribution in [0.3, 0.4) is 0 Å². The van der Waals surface area contributed by atoms with Crippen LogP contribution in [0.4, 0.5) is 0 Å². The summed E-state index contributed by atoms with van der Waals surface area (Å²) in [6, 6.07) is 4.26. The fourth-order valence-corrected chi connectivity index (χ4v) is 1.78. The van der Waals surface area contributed by atoms with Gasteiger partial charge in [0.05, 0.1) is 12.6 Å². The van der Waals surface area contributed by atoms with Gasteiger partial charge in [0.1, 0.15) is 0 Å². The standard InChI is InChI=1S/C11H16INO/c1-7-4-9(10(13)6-14-3)5-8(2)11(7)12/h4-5,10H,6,13H2,1-3H3. The first kappa shape index (κ1) is 11.9. The molecule has 1 unspecified atom stereocenters. The van der Waals surface area contributed by atoms with Crippen LogP contribution in [0.5, 0.6) is 0 Å². The molecule has 3 heteroatoms. The summed E-state index contributed by atoms with van der Waals surface area (Å²) < 4.78 is 6.36. The Morgan fingerprint density at radius 1 is 1.36 bits per heavy atom. The summed E-state index contributed by atoms with van der Waals surface area (Å²) in [5.74, 6) is 0. The molecular weight excluding hydrogens is 289 g/mol. The van der Waals surface area contributed by atoms with E-state index in [0.29, 0.717) is 6.61 Å². The molecule has 0 aromatic heterocycles. The Bertz CT molecular complexity index is 302. The number of hydrogen-bond acceptors (Lipinski definition) is 2. The summed E-state index contributed by atoms with van der Waals surface area (Å²) in [5, 5.41) is 0. The molecule has 0 bridgehead atoms. The van der Waals surface area contributed by atoms with Crippen LogP contribution < -0.4 is 5.73 Å². The van der Waals surface area contributed by atoms with Gasteiger partial charge in [-0.1, -0.05) is 12.1 Å². The predicted octanol–water partition coefficient (Wildman–Crippen LogP) is 2.55. The van der Waals surface area contributed by atoms with Gasteiger partial charge in [-0.15, -0.1) is 0 Å². The minimum atomic E-state index is -0.0191. The third-order valence-corrected chi connectivity index (χ3v) is 3.93. The highest BCUT2D eigenvalue weighted by atomic mass is 127. The average molecular weight is 305 g/mol. The Hall–Kier alpha value is -0.130. The molecule has 0 amide bonds. The van der Waals surface area contributed by atoms with Crippen LogP contribution in [0, 0.1) is 17.4 Å². The maximum atomic E-state index is 5.97. The molecule has 0 saturated heterocycles. The van der Waals surface area contributed by atoms with Crippen molar-refractivity contribution in [2.24, 2.45) is 5.73 Å². The van der Waals surface area contributed by atoms with Crippen molar-refractivity contribution in [3.63, 3.8) is 0 Å². The third kappa shape index (κ3) is 2.68. The Balaban J connectivity index is 3.00. The molecule has 14 heavy (non-hydrogen) atoms. The monoisotopic (exact) mass is 305 g/mol. The van der Waals surface area contributed by atoms with Crippen LogP contribution in [-0.2, 0) is 4.74 Å². The van der Waals surface area contributed by atoms with Crippen LogP contribution in [0.1, 0.15) is 22.7 Å². The van der Waals surface area contributed by atoms with Crippen molar-refractivity contribution < 1.29 is 4.74 Å². The van der Waals surface area contributed by atoms with Gasteiger partial charge in [-0.05, 0) is 53.1 Å². The lowest BCUT2D eigenvalue weighted by Gasteiger charge is -2.14. The summed E-state index contributed by atoms with van der Waals surface area (Å²) in [6.07, 6.45) is 0. The van der Waals surface area contributed by atoms with Crippen LogP contribution in [-0.4, -0.2) is 13.7 Å². The van der Waals surface area contributed by atoms with Crippen LogP contribution >= 0.6 is 22.6 Å². The molecular formula is C11H16INO. The predicted molar refractivity (Wildman–Crippen MR) is 67.4 cm³/mol. The van der Waals surface area contributed by atoms with Crippen molar-refractivity contribution in [2.45, 2.75) is 19.9 Å². The van der Waals surface area contributed by atoms with Crippen molar-refractivity contribution in [3.8, 4) is 0 Å². The topological polar surface area (TPSA) is 35.2 Å². The van der Waals surface area contributed by atoms with E-state index in [4.69, 9.17) is 10.5 Å². The number of methoxy groups -OCH3 is 1. The molecule has 1 rings (SSSR count). The van der Waals surface area contributed by atoms with E-state index in [9.17, 15) is 0 Å². The molecule has 78 valence electrons. The van der Waals surface area contributed by atoms with E-state index in [1.54, 1.807) is 7.11 Å². The lowest BCUT2D eigenvalue weighted by molar-refractivity contribution is 0.181. The number of hydrogen-bond donors (Lipinski definition) is 1. The van der Waals surface area contributed by atoms with Gasteiger partial charge in [-0.25, -0.2) is 0 Å². The highest BCUT2D eigenvalue weighted by molar-refractivity contribution is 14.1. The molecule has 0 aliphatic rings. The second-order valence-corrected chi connectivity index (χ2v) is 4.61. The van der Waals surface area contributed by atoms with Crippen molar-refractivity contribution in [1.29, 1.82) is 0 Å². The van der Waals surface area contributed by atoms with Gasteiger partial charge in [-0.2, -0.15) is 0 Å². The number of halogens is 1. The second-order valence-electron chi connectivity index (χ2n) is 3.53. The van der Waals surface area contributed by atoms with Crippen molar-refractivity contribution in [1.82, 2.24) is 0 Å².